The Bertz CT molecular complexity index is 928. The lowest BCUT2D eigenvalue weighted by atomic mass is 10.1. The second kappa shape index (κ2) is 14.0. The predicted molar refractivity (Wildman–Crippen MR) is 146 cm³/mol. The molecule has 2 aromatic heterocycles. The highest BCUT2D eigenvalue weighted by molar-refractivity contribution is 7.18. The van der Waals surface area contributed by atoms with Gasteiger partial charge in [0.15, 0.2) is 18.9 Å². The van der Waals surface area contributed by atoms with Crippen LogP contribution in [0.3, 0.4) is 0 Å². The Kier molecular flexibility index (Phi) is 10.7. The third-order valence-corrected chi connectivity index (χ3v) is 7.39. The van der Waals surface area contributed by atoms with E-state index in [1.165, 1.54) is 91.0 Å². The molecule has 0 aliphatic carbocycles. The first-order valence-electron chi connectivity index (χ1n) is 12.8. The quantitative estimate of drug-likeness (QED) is 0.125. The number of rotatable bonds is 15. The molecule has 3 rings (SSSR count). The first-order valence-corrected chi connectivity index (χ1v) is 13.6. The van der Waals surface area contributed by atoms with Gasteiger partial charge < -0.3 is 4.90 Å². The van der Waals surface area contributed by atoms with Crippen molar-refractivity contribution in [3.8, 4) is 20.9 Å². The summed E-state index contributed by atoms with van der Waals surface area (Å²) in [5.41, 5.74) is 3.96. The van der Waals surface area contributed by atoms with Gasteiger partial charge in [-0.3, -0.25) is 0 Å². The molecule has 0 bridgehead atoms. The Morgan fingerprint density at radius 3 is 1.79 bits per heavy atom. The molecule has 33 heavy (non-hydrogen) atoms. The molecule has 1 aromatic carbocycles. The Morgan fingerprint density at radius 1 is 0.727 bits per heavy atom. The summed E-state index contributed by atoms with van der Waals surface area (Å²) >= 11 is 1.87. The SMILES string of the molecule is C=CC[n+]1ccc(-c2ccc(-c3ccc(N(CCCCCC)CCCCCC)cc3)s2)cc1. The average molecular weight is 462 g/mol. The number of allylic oxidation sites excluding steroid dienone is 1. The lowest BCUT2D eigenvalue weighted by Gasteiger charge is -2.25. The minimum absolute atomic E-state index is 0.844. The molecular formula is C30H41N2S+. The van der Waals surface area contributed by atoms with Crippen molar-refractivity contribution >= 4 is 17.0 Å². The van der Waals surface area contributed by atoms with E-state index in [9.17, 15) is 0 Å². The molecule has 0 atom stereocenters. The van der Waals surface area contributed by atoms with Crippen LogP contribution in [0.4, 0.5) is 5.69 Å². The number of benzene rings is 1. The molecule has 2 heterocycles. The molecule has 0 fully saturated rings. The fraction of sp³-hybridized carbons (Fsp3) is 0.433. The van der Waals surface area contributed by atoms with E-state index in [2.05, 4.69) is 90.8 Å². The number of hydrogen-bond donors (Lipinski definition) is 0. The normalized spacial score (nSPS) is 11.0. The molecule has 2 nitrogen and oxygen atoms in total. The van der Waals surface area contributed by atoms with Gasteiger partial charge in [0.25, 0.3) is 0 Å². The maximum atomic E-state index is 3.81. The monoisotopic (exact) mass is 461 g/mol. The van der Waals surface area contributed by atoms with Crippen molar-refractivity contribution in [2.45, 2.75) is 71.8 Å². The van der Waals surface area contributed by atoms with E-state index in [0.717, 1.165) is 6.54 Å². The lowest BCUT2D eigenvalue weighted by Crippen LogP contribution is -2.31. The molecule has 0 amide bonds. The Labute approximate surface area is 205 Å². The third kappa shape index (κ3) is 7.85. The molecule has 0 aliphatic heterocycles. The van der Waals surface area contributed by atoms with Gasteiger partial charge in [0.1, 0.15) is 0 Å². The topological polar surface area (TPSA) is 7.12 Å². The van der Waals surface area contributed by atoms with Gasteiger partial charge in [-0.05, 0) is 48.7 Å². The van der Waals surface area contributed by atoms with Crippen LogP contribution in [-0.2, 0) is 6.54 Å². The number of aromatic nitrogens is 1. The first-order chi connectivity index (χ1) is 16.2. The van der Waals surface area contributed by atoms with Crippen LogP contribution in [0.2, 0.25) is 0 Å². The molecule has 0 N–H and O–H groups in total. The molecule has 3 heteroatoms. The zero-order valence-electron chi connectivity index (χ0n) is 20.6. The van der Waals surface area contributed by atoms with Crippen LogP contribution in [0.5, 0.6) is 0 Å². The van der Waals surface area contributed by atoms with Crippen molar-refractivity contribution in [2.75, 3.05) is 18.0 Å². The van der Waals surface area contributed by atoms with Crippen LogP contribution < -0.4 is 9.47 Å². The molecule has 0 unspecified atom stereocenters. The molecule has 0 radical (unpaired) electrons. The maximum absolute atomic E-state index is 3.81. The molecule has 0 aliphatic rings. The highest BCUT2D eigenvalue weighted by Gasteiger charge is 2.10. The largest absolute Gasteiger partial charge is 0.372 e. The van der Waals surface area contributed by atoms with E-state index in [1.54, 1.807) is 0 Å². The maximum Gasteiger partial charge on any atom is 0.169 e. The standard InChI is InChI=1S/C30H41N2S/c1-4-7-9-11-22-32(23-12-10-8-5-2)28-15-13-26(14-16-28)29-17-18-30(33-29)27-19-24-31(21-6-3)25-20-27/h6,13-20,24-25H,3-5,7-12,21-23H2,1-2H3/q+1. The number of nitrogens with zero attached hydrogens (tertiary/aromatic N) is 2. The van der Waals surface area contributed by atoms with E-state index in [-0.39, 0.29) is 0 Å². The summed E-state index contributed by atoms with van der Waals surface area (Å²) in [5, 5.41) is 0. The van der Waals surface area contributed by atoms with Crippen LogP contribution in [0.25, 0.3) is 20.9 Å². The van der Waals surface area contributed by atoms with Gasteiger partial charge in [-0.25, -0.2) is 4.57 Å². The van der Waals surface area contributed by atoms with Gasteiger partial charge in [0.2, 0.25) is 0 Å². The first kappa shape index (κ1) is 25.2. The van der Waals surface area contributed by atoms with E-state index in [1.807, 2.05) is 17.4 Å². The Hall–Kier alpha value is -2.39. The fourth-order valence-electron chi connectivity index (χ4n) is 4.21. The van der Waals surface area contributed by atoms with Crippen molar-refractivity contribution in [1.29, 1.82) is 0 Å². The molecule has 0 saturated carbocycles. The zero-order chi connectivity index (χ0) is 23.3. The van der Waals surface area contributed by atoms with Crippen molar-refractivity contribution in [3.05, 3.63) is 73.6 Å². The number of thiophene rings is 1. The highest BCUT2D eigenvalue weighted by Crippen LogP contribution is 2.35. The summed E-state index contributed by atoms with van der Waals surface area (Å²) in [5.74, 6) is 0. The summed E-state index contributed by atoms with van der Waals surface area (Å²) in [6.07, 6.45) is 16.7. The van der Waals surface area contributed by atoms with Crippen LogP contribution in [0.1, 0.15) is 65.2 Å². The minimum Gasteiger partial charge on any atom is -0.372 e. The smallest absolute Gasteiger partial charge is 0.169 e. The van der Waals surface area contributed by atoms with Crippen LogP contribution >= 0.6 is 11.3 Å². The Morgan fingerprint density at radius 2 is 1.27 bits per heavy atom. The van der Waals surface area contributed by atoms with Crippen molar-refractivity contribution in [1.82, 2.24) is 0 Å². The minimum atomic E-state index is 0.844. The number of anilines is 1. The highest BCUT2D eigenvalue weighted by atomic mass is 32.1. The third-order valence-electron chi connectivity index (χ3n) is 6.20. The predicted octanol–water partition coefficient (Wildman–Crippen LogP) is 8.52. The van der Waals surface area contributed by atoms with Crippen molar-refractivity contribution in [2.24, 2.45) is 0 Å². The zero-order valence-corrected chi connectivity index (χ0v) is 21.5. The molecule has 3 aromatic rings. The second-order valence-electron chi connectivity index (χ2n) is 8.89. The lowest BCUT2D eigenvalue weighted by molar-refractivity contribution is -0.686. The number of unbranched alkanes of at least 4 members (excludes halogenated alkanes) is 6. The van der Waals surface area contributed by atoms with Crippen LogP contribution in [0, 0.1) is 0 Å². The van der Waals surface area contributed by atoms with Crippen molar-refractivity contribution < 1.29 is 4.57 Å². The van der Waals surface area contributed by atoms with E-state index >= 15 is 0 Å². The van der Waals surface area contributed by atoms with Gasteiger partial charge in [-0.2, -0.15) is 0 Å². The molecule has 176 valence electrons. The van der Waals surface area contributed by atoms with Gasteiger partial charge in [-0.1, -0.05) is 71.1 Å². The molecule has 0 saturated heterocycles. The molecular weight excluding hydrogens is 420 g/mol. The van der Waals surface area contributed by atoms with E-state index < -0.39 is 0 Å². The Balaban J connectivity index is 1.67. The summed E-state index contributed by atoms with van der Waals surface area (Å²) in [6.45, 7) is 11.6. The summed E-state index contributed by atoms with van der Waals surface area (Å²) < 4.78 is 2.14. The van der Waals surface area contributed by atoms with E-state index in [0.29, 0.717) is 0 Å². The van der Waals surface area contributed by atoms with Crippen LogP contribution in [-0.4, -0.2) is 13.1 Å². The summed E-state index contributed by atoms with van der Waals surface area (Å²) in [7, 11) is 0. The van der Waals surface area contributed by atoms with Crippen molar-refractivity contribution in [3.63, 3.8) is 0 Å². The van der Waals surface area contributed by atoms with Gasteiger partial charge in [0, 0.05) is 46.2 Å². The van der Waals surface area contributed by atoms with E-state index in [4.69, 9.17) is 0 Å². The summed E-state index contributed by atoms with van der Waals surface area (Å²) in [6, 6.07) is 18.2. The number of pyridine rings is 1. The van der Waals surface area contributed by atoms with Gasteiger partial charge in [0.05, 0.1) is 0 Å². The van der Waals surface area contributed by atoms with Crippen LogP contribution in [0.15, 0.2) is 73.6 Å². The average Bonchev–Trinajstić information content (AvgIpc) is 3.34. The number of hydrogen-bond acceptors (Lipinski definition) is 2. The van der Waals surface area contributed by atoms with Gasteiger partial charge in [-0.15, -0.1) is 11.3 Å². The summed E-state index contributed by atoms with van der Waals surface area (Å²) in [4.78, 5) is 5.25. The molecule has 0 spiro atoms. The second-order valence-corrected chi connectivity index (χ2v) is 9.98. The van der Waals surface area contributed by atoms with Gasteiger partial charge >= 0.3 is 0 Å². The fourth-order valence-corrected chi connectivity index (χ4v) is 5.22.